The fraction of sp³-hybridized carbons (Fsp3) is 0.318. The molecule has 0 radical (unpaired) electrons. The molecular weight excluding hydrogens is 342 g/mol. The van der Waals surface area contributed by atoms with Gasteiger partial charge in [0, 0.05) is 36.6 Å². The van der Waals surface area contributed by atoms with Crippen LogP contribution in [-0.4, -0.2) is 29.5 Å². The Balaban J connectivity index is 0.00000196. The maximum Gasteiger partial charge on any atom is 0.0705 e. The van der Waals surface area contributed by atoms with Gasteiger partial charge in [0.05, 0.1) is 5.52 Å². The molecule has 1 aromatic heterocycles. The molecule has 136 valence electrons. The lowest BCUT2D eigenvalue weighted by Gasteiger charge is -2.17. The highest BCUT2D eigenvalue weighted by atomic mass is 35.5. The first kappa shape index (κ1) is 18.8. The van der Waals surface area contributed by atoms with Crippen molar-refractivity contribution in [3.8, 4) is 0 Å². The summed E-state index contributed by atoms with van der Waals surface area (Å²) in [6.45, 7) is 5.91. The molecule has 1 aliphatic rings. The molecule has 1 fully saturated rings. The van der Waals surface area contributed by atoms with Crippen LogP contribution in [0.2, 0.25) is 0 Å². The van der Waals surface area contributed by atoms with E-state index >= 15 is 0 Å². The molecule has 0 bridgehead atoms. The second-order valence-corrected chi connectivity index (χ2v) is 7.19. The molecule has 2 atom stereocenters. The van der Waals surface area contributed by atoms with Crippen molar-refractivity contribution in [2.24, 2.45) is 11.7 Å². The fourth-order valence-electron chi connectivity index (χ4n) is 4.04. The lowest BCUT2D eigenvalue weighted by molar-refractivity contribution is 0.317. The van der Waals surface area contributed by atoms with E-state index in [9.17, 15) is 0 Å². The van der Waals surface area contributed by atoms with Gasteiger partial charge in [-0.25, -0.2) is 0 Å². The van der Waals surface area contributed by atoms with Crippen LogP contribution in [0.4, 0.5) is 0 Å². The molecule has 0 amide bonds. The van der Waals surface area contributed by atoms with E-state index in [4.69, 9.17) is 5.73 Å². The molecule has 2 aromatic carbocycles. The molecule has 0 unspecified atom stereocenters. The molecule has 0 aliphatic carbocycles. The van der Waals surface area contributed by atoms with Gasteiger partial charge in [0.15, 0.2) is 0 Å². The van der Waals surface area contributed by atoms with Crippen molar-refractivity contribution in [3.05, 3.63) is 77.5 Å². The van der Waals surface area contributed by atoms with Gasteiger partial charge in [-0.3, -0.25) is 9.88 Å². The predicted octanol–water partition coefficient (Wildman–Crippen LogP) is 4.14. The van der Waals surface area contributed by atoms with Crippen LogP contribution in [0.1, 0.15) is 22.7 Å². The standard InChI is InChI=1S/C22H25N3.ClH/c1-16-7-9-19-11-17(8-10-22(19)24-16)13-25-14-20(12-23)21(15-25)18-5-3-2-4-6-18;/h2-11,20-21H,12-15,23H2,1H3;1H/t20-,21+;/m1./s1. The van der Waals surface area contributed by atoms with Gasteiger partial charge in [0.25, 0.3) is 0 Å². The van der Waals surface area contributed by atoms with E-state index in [1.54, 1.807) is 0 Å². The van der Waals surface area contributed by atoms with Gasteiger partial charge in [-0.15, -0.1) is 12.4 Å². The number of aryl methyl sites for hydroxylation is 1. The molecule has 3 aromatic rings. The molecule has 2 heterocycles. The Hall–Kier alpha value is -1.94. The molecule has 2 N–H and O–H groups in total. The SMILES string of the molecule is Cc1ccc2cc(CN3C[C@@H](CN)[C@H](c4ccccc4)C3)ccc2n1.Cl. The minimum Gasteiger partial charge on any atom is -0.330 e. The lowest BCUT2D eigenvalue weighted by Crippen LogP contribution is -2.23. The zero-order chi connectivity index (χ0) is 17.2. The summed E-state index contributed by atoms with van der Waals surface area (Å²) < 4.78 is 0. The Morgan fingerprint density at radius 1 is 1.04 bits per heavy atom. The van der Waals surface area contributed by atoms with E-state index in [2.05, 4.69) is 70.5 Å². The maximum absolute atomic E-state index is 6.07. The Morgan fingerprint density at radius 2 is 1.85 bits per heavy atom. The van der Waals surface area contributed by atoms with Crippen molar-refractivity contribution in [2.45, 2.75) is 19.4 Å². The molecule has 1 saturated heterocycles. The number of fused-ring (bicyclic) bond motifs is 1. The minimum atomic E-state index is 0. The predicted molar refractivity (Wildman–Crippen MR) is 111 cm³/mol. The fourth-order valence-corrected chi connectivity index (χ4v) is 4.04. The van der Waals surface area contributed by atoms with Crippen LogP contribution in [0, 0.1) is 12.8 Å². The quantitative estimate of drug-likeness (QED) is 0.753. The summed E-state index contributed by atoms with van der Waals surface area (Å²) in [4.78, 5) is 7.14. The van der Waals surface area contributed by atoms with Gasteiger partial charge in [-0.2, -0.15) is 0 Å². The van der Waals surface area contributed by atoms with Crippen molar-refractivity contribution in [2.75, 3.05) is 19.6 Å². The number of hydrogen-bond acceptors (Lipinski definition) is 3. The van der Waals surface area contributed by atoms with Gasteiger partial charge >= 0.3 is 0 Å². The second-order valence-electron chi connectivity index (χ2n) is 7.19. The summed E-state index contributed by atoms with van der Waals surface area (Å²) >= 11 is 0. The minimum absolute atomic E-state index is 0. The Kier molecular flexibility index (Phi) is 5.92. The Bertz CT molecular complexity index is 866. The number of nitrogens with two attached hydrogens (primary N) is 1. The first-order valence-electron chi connectivity index (χ1n) is 9.06. The van der Waals surface area contributed by atoms with Gasteiger partial charge in [0.1, 0.15) is 0 Å². The van der Waals surface area contributed by atoms with Crippen molar-refractivity contribution in [3.63, 3.8) is 0 Å². The van der Waals surface area contributed by atoms with Crippen LogP contribution >= 0.6 is 12.4 Å². The number of likely N-dealkylation sites (tertiary alicyclic amines) is 1. The molecule has 26 heavy (non-hydrogen) atoms. The van der Waals surface area contributed by atoms with Crippen LogP contribution < -0.4 is 5.73 Å². The first-order chi connectivity index (χ1) is 12.2. The number of benzene rings is 2. The van der Waals surface area contributed by atoms with E-state index in [1.165, 1.54) is 16.5 Å². The summed E-state index contributed by atoms with van der Waals surface area (Å²) in [6.07, 6.45) is 0. The van der Waals surface area contributed by atoms with Crippen molar-refractivity contribution >= 4 is 23.3 Å². The van der Waals surface area contributed by atoms with Crippen LogP contribution in [0.5, 0.6) is 0 Å². The number of pyridine rings is 1. The third-order valence-electron chi connectivity index (χ3n) is 5.35. The van der Waals surface area contributed by atoms with Crippen LogP contribution in [0.25, 0.3) is 10.9 Å². The largest absolute Gasteiger partial charge is 0.330 e. The van der Waals surface area contributed by atoms with Gasteiger partial charge in [-0.1, -0.05) is 42.5 Å². The zero-order valence-electron chi connectivity index (χ0n) is 15.1. The normalized spacial score (nSPS) is 20.2. The summed E-state index contributed by atoms with van der Waals surface area (Å²) in [7, 11) is 0. The van der Waals surface area contributed by atoms with Crippen LogP contribution in [0.3, 0.4) is 0 Å². The van der Waals surface area contributed by atoms with Gasteiger partial charge < -0.3 is 5.73 Å². The molecule has 3 nitrogen and oxygen atoms in total. The van der Waals surface area contributed by atoms with Crippen molar-refractivity contribution in [1.82, 2.24) is 9.88 Å². The monoisotopic (exact) mass is 367 g/mol. The third kappa shape index (κ3) is 3.90. The molecule has 0 saturated carbocycles. The summed E-state index contributed by atoms with van der Waals surface area (Å²) in [5.74, 6) is 1.07. The smallest absolute Gasteiger partial charge is 0.0705 e. The van der Waals surface area contributed by atoms with E-state index in [0.717, 1.165) is 37.4 Å². The van der Waals surface area contributed by atoms with Crippen molar-refractivity contribution in [1.29, 1.82) is 0 Å². The lowest BCUT2D eigenvalue weighted by atomic mass is 9.89. The highest BCUT2D eigenvalue weighted by Gasteiger charge is 2.32. The number of rotatable bonds is 4. The van der Waals surface area contributed by atoms with E-state index in [0.29, 0.717) is 11.8 Å². The summed E-state index contributed by atoms with van der Waals surface area (Å²) in [5.41, 5.74) is 11.0. The Morgan fingerprint density at radius 3 is 2.62 bits per heavy atom. The topological polar surface area (TPSA) is 42.1 Å². The summed E-state index contributed by atoms with van der Waals surface area (Å²) in [5, 5.41) is 1.22. The van der Waals surface area contributed by atoms with Gasteiger partial charge in [-0.05, 0) is 48.7 Å². The third-order valence-corrected chi connectivity index (χ3v) is 5.35. The Labute approximate surface area is 161 Å². The highest BCUT2D eigenvalue weighted by molar-refractivity contribution is 5.85. The first-order valence-corrected chi connectivity index (χ1v) is 9.06. The van der Waals surface area contributed by atoms with E-state index in [1.807, 2.05) is 6.92 Å². The average Bonchev–Trinajstić information content (AvgIpc) is 3.05. The number of nitrogens with zero attached hydrogens (tertiary/aromatic N) is 2. The average molecular weight is 368 g/mol. The van der Waals surface area contributed by atoms with Gasteiger partial charge in [0.2, 0.25) is 0 Å². The maximum atomic E-state index is 6.07. The second kappa shape index (κ2) is 8.17. The summed E-state index contributed by atoms with van der Waals surface area (Å²) in [6, 6.07) is 21.7. The molecular formula is C22H26ClN3. The molecule has 0 spiro atoms. The van der Waals surface area contributed by atoms with Crippen molar-refractivity contribution < 1.29 is 0 Å². The van der Waals surface area contributed by atoms with Crippen LogP contribution in [-0.2, 0) is 6.54 Å². The number of aromatic nitrogens is 1. The van der Waals surface area contributed by atoms with E-state index < -0.39 is 0 Å². The number of halogens is 1. The molecule has 1 aliphatic heterocycles. The number of hydrogen-bond donors (Lipinski definition) is 1. The molecule has 4 rings (SSSR count). The molecule has 4 heteroatoms. The highest BCUT2D eigenvalue weighted by Crippen LogP contribution is 2.33. The zero-order valence-corrected chi connectivity index (χ0v) is 16.0. The van der Waals surface area contributed by atoms with Crippen LogP contribution in [0.15, 0.2) is 60.7 Å². The van der Waals surface area contributed by atoms with E-state index in [-0.39, 0.29) is 12.4 Å².